The van der Waals surface area contributed by atoms with Crippen molar-refractivity contribution in [3.8, 4) is 0 Å². The zero-order valence-corrected chi connectivity index (χ0v) is 64.4. The van der Waals surface area contributed by atoms with Gasteiger partial charge < -0.3 is 89.9 Å². The van der Waals surface area contributed by atoms with E-state index in [2.05, 4.69) is 141 Å². The van der Waals surface area contributed by atoms with Gasteiger partial charge in [0.2, 0.25) is 5.91 Å². The lowest BCUT2D eigenvalue weighted by molar-refractivity contribution is -0.379. The van der Waals surface area contributed by atoms with Gasteiger partial charge in [-0.05, 0) is 103 Å². The third-order valence-corrected chi connectivity index (χ3v) is 19.4. The Morgan fingerprint density at radius 1 is 0.352 bits per heavy atom. The molecule has 3 rings (SSSR count). The minimum Gasteiger partial charge on any atom is -0.394 e. The molecule has 3 heterocycles. The van der Waals surface area contributed by atoms with Crippen LogP contribution in [0.15, 0.2) is 134 Å². The van der Waals surface area contributed by atoms with Gasteiger partial charge in [-0.25, -0.2) is 0 Å². The monoisotopic (exact) mass is 1480 g/mol. The van der Waals surface area contributed by atoms with Crippen LogP contribution in [-0.4, -0.2) is 193 Å². The summed E-state index contributed by atoms with van der Waals surface area (Å²) in [5.74, 6) is -0.295. The predicted octanol–water partition coefficient (Wildman–Crippen LogP) is 14.1. The lowest BCUT2D eigenvalue weighted by atomic mass is 9.96. The maximum atomic E-state index is 13.5. The molecular weight excluding hydrogens is 1330 g/mol. The molecule has 0 aromatic rings. The predicted molar refractivity (Wildman–Crippen MR) is 419 cm³/mol. The number of ether oxygens (including phenoxy) is 6. The van der Waals surface area contributed by atoms with Crippen molar-refractivity contribution < 1.29 is 89.4 Å². The van der Waals surface area contributed by atoms with Crippen molar-refractivity contribution in [1.29, 1.82) is 0 Å². The lowest BCUT2D eigenvalue weighted by Crippen LogP contribution is -2.66. The van der Waals surface area contributed by atoms with Crippen molar-refractivity contribution in [2.24, 2.45) is 0 Å². The van der Waals surface area contributed by atoms with Gasteiger partial charge in [-0.1, -0.05) is 295 Å². The first-order chi connectivity index (χ1) is 51.3. The highest BCUT2D eigenvalue weighted by molar-refractivity contribution is 5.76. The zero-order chi connectivity index (χ0) is 76.0. The number of hydrogen-bond donors (Lipinski definition) is 12. The summed E-state index contributed by atoms with van der Waals surface area (Å²) in [5, 5.41) is 121. The molecule has 3 saturated heterocycles. The second kappa shape index (κ2) is 64.7. The smallest absolute Gasteiger partial charge is 0.220 e. The Bertz CT molecular complexity index is 2420. The van der Waals surface area contributed by atoms with Crippen molar-refractivity contribution in [3.63, 3.8) is 0 Å². The molecule has 0 spiro atoms. The van der Waals surface area contributed by atoms with E-state index in [4.69, 9.17) is 28.4 Å². The van der Waals surface area contributed by atoms with E-state index in [0.717, 1.165) is 109 Å². The molecule has 0 bridgehead atoms. The number of hydrogen-bond acceptors (Lipinski definition) is 18. The Hall–Kier alpha value is -4.07. The SMILES string of the molecule is CC/C=C\C/C=C\C/C=C\C/C=C\C/C=C\C/C=C\C/C=C\C/C=C\C/C=C\CCCCCCCCCCCC(=O)NC(COC1OC(CO)C(OC2OC(CO)C(OC3OC(CO)C(O)C(O)C3O)C(O)C2O)C(O)C1O)C(O)/C=C/CC/C=C/CCCCCCCCCCCCCCCCCCC. The van der Waals surface area contributed by atoms with E-state index >= 15 is 0 Å². The number of aliphatic hydroxyl groups is 11. The summed E-state index contributed by atoms with van der Waals surface area (Å²) in [6, 6.07) is -1.00. The fraction of sp³-hybridized carbons (Fsp3) is 0.733. The molecule has 0 aromatic heterocycles. The fourth-order valence-electron chi connectivity index (χ4n) is 12.9. The highest BCUT2D eigenvalue weighted by atomic mass is 16.8. The summed E-state index contributed by atoms with van der Waals surface area (Å²) < 4.78 is 34.4. The number of carbonyl (C=O) groups is 1. The number of rotatable bonds is 63. The molecule has 3 fully saturated rings. The number of aliphatic hydroxyl groups excluding tert-OH is 11. The molecular formula is C86H145NO18. The van der Waals surface area contributed by atoms with E-state index in [0.29, 0.717) is 12.8 Å². The Labute approximate surface area is 632 Å². The van der Waals surface area contributed by atoms with Gasteiger partial charge in [-0.3, -0.25) is 4.79 Å². The summed E-state index contributed by atoms with van der Waals surface area (Å²) in [4.78, 5) is 13.5. The second-order valence-electron chi connectivity index (χ2n) is 28.5. The molecule has 17 atom stereocenters. The fourth-order valence-corrected chi connectivity index (χ4v) is 12.9. The van der Waals surface area contributed by atoms with Gasteiger partial charge in [0.05, 0.1) is 38.6 Å². The third-order valence-electron chi connectivity index (χ3n) is 19.4. The number of allylic oxidation sites excluding steroid dienone is 21. The van der Waals surface area contributed by atoms with E-state index in [1.54, 1.807) is 6.08 Å². The molecule has 19 nitrogen and oxygen atoms in total. The largest absolute Gasteiger partial charge is 0.394 e. The molecule has 3 aliphatic heterocycles. The van der Waals surface area contributed by atoms with Crippen LogP contribution in [0.3, 0.4) is 0 Å². The van der Waals surface area contributed by atoms with Gasteiger partial charge in [0.15, 0.2) is 18.9 Å². The summed E-state index contributed by atoms with van der Waals surface area (Å²) in [7, 11) is 0. The minimum atomic E-state index is -1.99. The van der Waals surface area contributed by atoms with Crippen LogP contribution in [0.4, 0.5) is 0 Å². The average Bonchev–Trinajstić information content (AvgIpc) is 0.779. The standard InChI is InChI=1S/C86H145NO18/c1-3-5-7-9-11-13-15-17-19-21-23-25-27-28-29-30-31-32-33-34-35-36-37-38-39-40-42-44-46-48-50-52-54-56-58-60-62-64-74(92)87-69(70(91)63-61-59-57-55-53-51-49-47-45-43-41-26-24-22-20-18-16-14-12-10-8-6-4-2)68-100-84-80(98)77(95)82(72(66-89)102-84)105-86-81(99)78(96)83(73(67-90)103-86)104-85-79(97)76(94)75(93)71(65-88)101-85/h5,7,11,13,17,19,23,25,28-29,31-32,34-35,37-38,40,42,53,55,61,63,69-73,75-86,88-91,93-99H,3-4,6,8-10,12,14-16,18,20-22,24,26-27,30,33,36,39,41,43-52,54,56-60,62,64-68H2,1-2H3,(H,87,92)/b7-5-,13-11-,19-17-,25-23-,29-28-,32-31-,35-34-,38-37-,42-40-,55-53+,63-61+. The first kappa shape index (κ1) is 95.1. The topological polar surface area (TPSA) is 307 Å². The van der Waals surface area contributed by atoms with Crippen LogP contribution in [0.1, 0.15) is 271 Å². The normalized spacial score (nSPS) is 26.5. The molecule has 105 heavy (non-hydrogen) atoms. The maximum absolute atomic E-state index is 13.5. The van der Waals surface area contributed by atoms with Gasteiger partial charge >= 0.3 is 0 Å². The van der Waals surface area contributed by atoms with Gasteiger partial charge in [0, 0.05) is 6.42 Å². The van der Waals surface area contributed by atoms with Crippen LogP contribution < -0.4 is 5.32 Å². The zero-order valence-electron chi connectivity index (χ0n) is 64.4. The van der Waals surface area contributed by atoms with Crippen molar-refractivity contribution >= 4 is 5.91 Å². The number of carbonyl (C=O) groups excluding carboxylic acids is 1. The van der Waals surface area contributed by atoms with Gasteiger partial charge in [0.25, 0.3) is 0 Å². The maximum Gasteiger partial charge on any atom is 0.220 e. The van der Waals surface area contributed by atoms with Crippen molar-refractivity contribution in [2.45, 2.75) is 375 Å². The van der Waals surface area contributed by atoms with Crippen LogP contribution in [-0.2, 0) is 33.2 Å². The molecule has 17 unspecified atom stereocenters. The summed E-state index contributed by atoms with van der Waals surface area (Å²) in [6.07, 6.45) is 65.7. The number of amides is 1. The number of nitrogens with one attached hydrogen (secondary N) is 1. The molecule has 3 aliphatic rings. The van der Waals surface area contributed by atoms with Crippen LogP contribution >= 0.6 is 0 Å². The molecule has 0 aromatic carbocycles. The van der Waals surface area contributed by atoms with Crippen LogP contribution in [0.2, 0.25) is 0 Å². The minimum absolute atomic E-state index is 0.220. The molecule has 0 radical (unpaired) electrons. The second-order valence-corrected chi connectivity index (χ2v) is 28.5. The summed E-state index contributed by atoms with van der Waals surface area (Å²) in [6.45, 7) is 1.61. The Morgan fingerprint density at radius 3 is 1.07 bits per heavy atom. The molecule has 1 amide bonds. The van der Waals surface area contributed by atoms with Gasteiger partial charge in [0.1, 0.15) is 73.2 Å². The molecule has 0 aliphatic carbocycles. The highest BCUT2D eigenvalue weighted by Gasteiger charge is 2.54. The Kier molecular flexibility index (Phi) is 58.6. The molecule has 602 valence electrons. The van der Waals surface area contributed by atoms with Crippen LogP contribution in [0.25, 0.3) is 0 Å². The molecule has 12 N–H and O–H groups in total. The summed E-state index contributed by atoms with van der Waals surface area (Å²) in [5.41, 5.74) is 0. The van der Waals surface area contributed by atoms with Gasteiger partial charge in [-0.15, -0.1) is 0 Å². The first-order valence-electron chi connectivity index (χ1n) is 40.9. The van der Waals surface area contributed by atoms with Crippen molar-refractivity contribution in [1.82, 2.24) is 5.32 Å². The highest BCUT2D eigenvalue weighted by Crippen LogP contribution is 2.33. The van der Waals surface area contributed by atoms with E-state index in [1.165, 1.54) is 128 Å². The quantitative estimate of drug-likeness (QED) is 0.0199. The van der Waals surface area contributed by atoms with E-state index in [9.17, 15) is 61.0 Å². The third kappa shape index (κ3) is 44.4. The average molecular weight is 1480 g/mol. The van der Waals surface area contributed by atoms with E-state index < -0.39 is 124 Å². The Balaban J connectivity index is 1.38. The molecule has 0 saturated carbocycles. The first-order valence-corrected chi connectivity index (χ1v) is 40.9. The Morgan fingerprint density at radius 2 is 0.667 bits per heavy atom. The van der Waals surface area contributed by atoms with Crippen molar-refractivity contribution in [2.75, 3.05) is 26.4 Å². The van der Waals surface area contributed by atoms with E-state index in [1.807, 2.05) is 6.08 Å². The lowest BCUT2D eigenvalue weighted by Gasteiger charge is -2.48. The van der Waals surface area contributed by atoms with Gasteiger partial charge in [-0.2, -0.15) is 0 Å². The van der Waals surface area contributed by atoms with Crippen LogP contribution in [0.5, 0.6) is 0 Å². The number of unbranched alkanes of at least 4 members (excludes halogenated alkanes) is 27. The summed E-state index contributed by atoms with van der Waals surface area (Å²) >= 11 is 0. The van der Waals surface area contributed by atoms with Crippen molar-refractivity contribution in [3.05, 3.63) is 134 Å². The van der Waals surface area contributed by atoms with Crippen LogP contribution in [0, 0.1) is 0 Å². The van der Waals surface area contributed by atoms with E-state index in [-0.39, 0.29) is 18.9 Å². The molecule has 19 heteroatoms.